The van der Waals surface area contributed by atoms with Crippen molar-refractivity contribution in [1.29, 1.82) is 0 Å². The molecular weight excluding hydrogens is 342 g/mol. The fourth-order valence-electron chi connectivity index (χ4n) is 2.98. The lowest BCUT2D eigenvalue weighted by molar-refractivity contribution is 0.169. The smallest absolute Gasteiger partial charge is 0.227 e. The van der Waals surface area contributed by atoms with Crippen LogP contribution in [0.1, 0.15) is 31.4 Å². The van der Waals surface area contributed by atoms with Gasteiger partial charge in [0.1, 0.15) is 0 Å². The average molecular weight is 369 g/mol. The highest BCUT2D eigenvalue weighted by Gasteiger charge is 2.17. The molecule has 0 spiro atoms. The molecule has 144 valence electrons. The highest BCUT2D eigenvalue weighted by Crippen LogP contribution is 2.23. The predicted octanol–water partition coefficient (Wildman–Crippen LogP) is 2.44. The molecular formula is C19H27N7O. The number of hydrogen-bond donors (Lipinski definition) is 4. The van der Waals surface area contributed by atoms with E-state index in [1.807, 2.05) is 43.7 Å². The summed E-state index contributed by atoms with van der Waals surface area (Å²) in [4.78, 5) is 13.5. The van der Waals surface area contributed by atoms with E-state index < -0.39 is 6.10 Å². The van der Waals surface area contributed by atoms with Gasteiger partial charge in [-0.15, -0.1) is 0 Å². The number of nitrogens with zero attached hydrogens (tertiary/aromatic N) is 4. The normalized spacial score (nSPS) is 13.5. The van der Waals surface area contributed by atoms with Crippen molar-refractivity contribution in [2.45, 2.75) is 45.9 Å². The van der Waals surface area contributed by atoms with E-state index in [0.29, 0.717) is 29.5 Å². The van der Waals surface area contributed by atoms with Crippen LogP contribution in [0.3, 0.4) is 0 Å². The SMILES string of the molecule is CCC(Nc1nc(NCc2ccc(C)cc2N)c2ncn(C)c2n1)C(C)O. The molecule has 0 amide bonds. The number of rotatable bonds is 7. The second-order valence-electron chi connectivity index (χ2n) is 6.88. The lowest BCUT2D eigenvalue weighted by Gasteiger charge is -2.20. The van der Waals surface area contributed by atoms with E-state index >= 15 is 0 Å². The maximum Gasteiger partial charge on any atom is 0.227 e. The number of anilines is 3. The summed E-state index contributed by atoms with van der Waals surface area (Å²) in [5.74, 6) is 1.08. The third-order valence-electron chi connectivity index (χ3n) is 4.64. The maximum atomic E-state index is 9.91. The lowest BCUT2D eigenvalue weighted by Crippen LogP contribution is -2.31. The number of nitrogens with two attached hydrogens (primary N) is 1. The monoisotopic (exact) mass is 369 g/mol. The third kappa shape index (κ3) is 4.11. The standard InChI is InChI=1S/C19H27N7O/c1-5-15(12(3)27)23-19-24-17(16-18(25-19)26(4)10-22-16)21-9-13-7-6-11(2)8-14(13)20/h6-8,10,12,15,27H,5,9,20H2,1-4H3,(H2,21,23,24,25). The van der Waals surface area contributed by atoms with Crippen molar-refractivity contribution in [3.63, 3.8) is 0 Å². The van der Waals surface area contributed by atoms with Crippen LogP contribution in [-0.4, -0.2) is 36.8 Å². The van der Waals surface area contributed by atoms with Crippen LogP contribution >= 0.6 is 0 Å². The van der Waals surface area contributed by atoms with E-state index in [4.69, 9.17) is 5.73 Å². The van der Waals surface area contributed by atoms with Gasteiger partial charge in [0, 0.05) is 19.3 Å². The Morgan fingerprint density at radius 3 is 2.74 bits per heavy atom. The zero-order valence-electron chi connectivity index (χ0n) is 16.2. The molecule has 0 saturated carbocycles. The fraction of sp³-hybridized carbons (Fsp3) is 0.421. The molecule has 0 saturated heterocycles. The first-order valence-corrected chi connectivity index (χ1v) is 9.11. The number of aromatic nitrogens is 4. The summed E-state index contributed by atoms with van der Waals surface area (Å²) in [7, 11) is 1.89. The van der Waals surface area contributed by atoms with Crippen molar-refractivity contribution in [3.05, 3.63) is 35.7 Å². The molecule has 2 atom stereocenters. The molecule has 5 N–H and O–H groups in total. The summed E-state index contributed by atoms with van der Waals surface area (Å²) in [6.45, 7) is 6.30. The number of hydrogen-bond acceptors (Lipinski definition) is 7. The molecule has 0 radical (unpaired) electrons. The second kappa shape index (κ2) is 7.79. The lowest BCUT2D eigenvalue weighted by atomic mass is 10.1. The first kappa shape index (κ1) is 18.9. The molecule has 8 heteroatoms. The summed E-state index contributed by atoms with van der Waals surface area (Å²) in [6.07, 6.45) is 1.96. The van der Waals surface area contributed by atoms with Gasteiger partial charge in [-0.2, -0.15) is 9.97 Å². The van der Waals surface area contributed by atoms with Gasteiger partial charge in [0.15, 0.2) is 17.0 Å². The minimum atomic E-state index is -0.510. The van der Waals surface area contributed by atoms with Gasteiger partial charge in [0.05, 0.1) is 18.5 Å². The van der Waals surface area contributed by atoms with E-state index in [1.165, 1.54) is 0 Å². The molecule has 2 unspecified atom stereocenters. The number of fused-ring (bicyclic) bond motifs is 1. The van der Waals surface area contributed by atoms with Crippen LogP contribution in [-0.2, 0) is 13.6 Å². The molecule has 0 aliphatic heterocycles. The zero-order chi connectivity index (χ0) is 19.6. The van der Waals surface area contributed by atoms with Gasteiger partial charge in [-0.1, -0.05) is 19.1 Å². The van der Waals surface area contributed by atoms with Crippen LogP contribution in [0.15, 0.2) is 24.5 Å². The largest absolute Gasteiger partial charge is 0.398 e. The minimum Gasteiger partial charge on any atom is -0.398 e. The van der Waals surface area contributed by atoms with E-state index in [2.05, 4.69) is 25.6 Å². The summed E-state index contributed by atoms with van der Waals surface area (Å²) >= 11 is 0. The minimum absolute atomic E-state index is 0.128. The second-order valence-corrected chi connectivity index (χ2v) is 6.88. The Morgan fingerprint density at radius 2 is 2.07 bits per heavy atom. The molecule has 3 aromatic rings. The van der Waals surface area contributed by atoms with Crippen molar-refractivity contribution in [1.82, 2.24) is 19.5 Å². The molecule has 2 aromatic heterocycles. The number of imidazole rings is 1. The van der Waals surface area contributed by atoms with E-state index in [-0.39, 0.29) is 6.04 Å². The number of aliphatic hydroxyl groups excluding tert-OH is 1. The van der Waals surface area contributed by atoms with Gasteiger partial charge in [-0.05, 0) is 37.5 Å². The Balaban J connectivity index is 1.91. The summed E-state index contributed by atoms with van der Waals surface area (Å²) in [5.41, 5.74) is 10.4. The van der Waals surface area contributed by atoms with Gasteiger partial charge in [0.2, 0.25) is 5.95 Å². The molecule has 0 aliphatic rings. The van der Waals surface area contributed by atoms with Crippen LogP contribution in [0.4, 0.5) is 17.5 Å². The van der Waals surface area contributed by atoms with Crippen LogP contribution in [0, 0.1) is 6.92 Å². The molecule has 2 heterocycles. The molecule has 0 aliphatic carbocycles. The van der Waals surface area contributed by atoms with Crippen LogP contribution in [0.2, 0.25) is 0 Å². The van der Waals surface area contributed by atoms with Gasteiger partial charge in [-0.25, -0.2) is 4.98 Å². The number of benzene rings is 1. The number of aryl methyl sites for hydroxylation is 2. The van der Waals surface area contributed by atoms with E-state index in [9.17, 15) is 5.11 Å². The van der Waals surface area contributed by atoms with E-state index in [0.717, 1.165) is 23.2 Å². The number of aliphatic hydroxyl groups is 1. The first-order chi connectivity index (χ1) is 12.9. The van der Waals surface area contributed by atoms with Gasteiger partial charge < -0.3 is 26.0 Å². The van der Waals surface area contributed by atoms with Gasteiger partial charge in [0.25, 0.3) is 0 Å². The van der Waals surface area contributed by atoms with Crippen molar-refractivity contribution in [3.8, 4) is 0 Å². The van der Waals surface area contributed by atoms with Crippen LogP contribution in [0.25, 0.3) is 11.2 Å². The summed E-state index contributed by atoms with van der Waals surface area (Å²) in [6, 6.07) is 5.87. The van der Waals surface area contributed by atoms with Gasteiger partial charge in [-0.3, -0.25) is 0 Å². The topological polar surface area (TPSA) is 114 Å². The molecule has 3 rings (SSSR count). The van der Waals surface area contributed by atoms with Crippen molar-refractivity contribution in [2.75, 3.05) is 16.4 Å². The van der Waals surface area contributed by atoms with Crippen molar-refractivity contribution < 1.29 is 5.11 Å². The highest BCUT2D eigenvalue weighted by atomic mass is 16.3. The molecule has 27 heavy (non-hydrogen) atoms. The molecule has 8 nitrogen and oxygen atoms in total. The third-order valence-corrected chi connectivity index (χ3v) is 4.64. The Bertz CT molecular complexity index is 935. The Labute approximate surface area is 158 Å². The quantitative estimate of drug-likeness (QED) is 0.473. The summed E-state index contributed by atoms with van der Waals surface area (Å²) in [5, 5.41) is 16.5. The average Bonchev–Trinajstić information content (AvgIpc) is 2.99. The molecule has 0 fully saturated rings. The Hall–Kier alpha value is -2.87. The maximum absolute atomic E-state index is 9.91. The van der Waals surface area contributed by atoms with Crippen molar-refractivity contribution >= 4 is 28.6 Å². The van der Waals surface area contributed by atoms with Gasteiger partial charge >= 0.3 is 0 Å². The first-order valence-electron chi connectivity index (χ1n) is 9.11. The van der Waals surface area contributed by atoms with E-state index in [1.54, 1.807) is 13.3 Å². The summed E-state index contributed by atoms with van der Waals surface area (Å²) < 4.78 is 1.84. The predicted molar refractivity (Wildman–Crippen MR) is 109 cm³/mol. The van der Waals surface area contributed by atoms with Crippen LogP contribution in [0.5, 0.6) is 0 Å². The number of nitrogen functional groups attached to an aromatic ring is 1. The highest BCUT2D eigenvalue weighted by molar-refractivity contribution is 5.84. The molecule has 1 aromatic carbocycles. The zero-order valence-corrected chi connectivity index (χ0v) is 16.2. The Morgan fingerprint density at radius 1 is 1.30 bits per heavy atom. The Kier molecular flexibility index (Phi) is 5.46. The fourth-order valence-corrected chi connectivity index (χ4v) is 2.98. The van der Waals surface area contributed by atoms with Crippen LogP contribution < -0.4 is 16.4 Å². The molecule has 0 bridgehead atoms. The van der Waals surface area contributed by atoms with Crippen molar-refractivity contribution in [2.24, 2.45) is 7.05 Å². The number of nitrogens with one attached hydrogen (secondary N) is 2.